The summed E-state index contributed by atoms with van der Waals surface area (Å²) in [5.41, 5.74) is 2.63. The molecule has 0 aliphatic heterocycles. The quantitative estimate of drug-likeness (QED) is 0.566. The van der Waals surface area contributed by atoms with Gasteiger partial charge < -0.3 is 9.47 Å². The van der Waals surface area contributed by atoms with Crippen molar-refractivity contribution < 1.29 is 17.9 Å². The molecule has 1 N–H and O–H groups in total. The molecule has 0 heterocycles. The summed E-state index contributed by atoms with van der Waals surface area (Å²) in [5, 5.41) is 3.85. The first-order chi connectivity index (χ1) is 12.4. The number of hydrogen-bond acceptors (Lipinski definition) is 5. The highest BCUT2D eigenvalue weighted by Crippen LogP contribution is 2.27. The second-order valence-electron chi connectivity index (χ2n) is 5.86. The molecule has 26 heavy (non-hydrogen) atoms. The van der Waals surface area contributed by atoms with Gasteiger partial charge in [-0.05, 0) is 67.3 Å². The van der Waals surface area contributed by atoms with Crippen molar-refractivity contribution in [1.29, 1.82) is 0 Å². The third-order valence-electron chi connectivity index (χ3n) is 3.82. The van der Waals surface area contributed by atoms with E-state index in [1.165, 1.54) is 6.21 Å². The summed E-state index contributed by atoms with van der Waals surface area (Å²) in [6, 6.07) is 10.2. The van der Waals surface area contributed by atoms with Gasteiger partial charge in [0.05, 0.1) is 24.8 Å². The molecule has 0 bridgehead atoms. The van der Waals surface area contributed by atoms with Gasteiger partial charge in [-0.2, -0.15) is 13.5 Å². The molecular weight excluding hydrogens is 352 g/mol. The maximum atomic E-state index is 12.3. The number of hydrazone groups is 1. The molecule has 0 unspecified atom stereocenters. The molecule has 0 amide bonds. The lowest BCUT2D eigenvalue weighted by Gasteiger charge is -2.10. The topological polar surface area (TPSA) is 77.0 Å². The van der Waals surface area contributed by atoms with Crippen molar-refractivity contribution in [1.82, 2.24) is 4.83 Å². The Labute approximate surface area is 154 Å². The highest BCUT2D eigenvalue weighted by Gasteiger charge is 2.13. The van der Waals surface area contributed by atoms with Crippen LogP contribution in [0.15, 0.2) is 46.4 Å². The van der Waals surface area contributed by atoms with Gasteiger partial charge in [0.2, 0.25) is 0 Å². The molecule has 0 spiro atoms. The van der Waals surface area contributed by atoms with Crippen LogP contribution in [0.1, 0.15) is 30.0 Å². The fraction of sp³-hybridized carbons (Fsp3) is 0.316. The number of nitrogens with zero attached hydrogens (tertiary/aromatic N) is 1. The molecule has 7 heteroatoms. The van der Waals surface area contributed by atoms with Gasteiger partial charge in [0.15, 0.2) is 11.5 Å². The van der Waals surface area contributed by atoms with Crippen LogP contribution in [0.4, 0.5) is 0 Å². The zero-order valence-corrected chi connectivity index (χ0v) is 16.3. The predicted octanol–water partition coefficient (Wildman–Crippen LogP) is 3.41. The summed E-state index contributed by atoms with van der Waals surface area (Å²) in [5.74, 6) is 1.21. The summed E-state index contributed by atoms with van der Waals surface area (Å²) in [7, 11) is -2.16. The van der Waals surface area contributed by atoms with Gasteiger partial charge in [-0.25, -0.2) is 4.83 Å². The smallest absolute Gasteiger partial charge is 0.276 e. The Balaban J connectivity index is 2.12. The van der Waals surface area contributed by atoms with Gasteiger partial charge in [-0.15, -0.1) is 0 Å². The molecule has 0 saturated carbocycles. The van der Waals surface area contributed by atoms with Gasteiger partial charge in [0, 0.05) is 0 Å². The Bertz CT molecular complexity index is 892. The molecule has 0 atom stereocenters. The lowest BCUT2D eigenvalue weighted by atomic mass is 10.1. The van der Waals surface area contributed by atoms with Crippen molar-refractivity contribution in [2.24, 2.45) is 5.10 Å². The van der Waals surface area contributed by atoms with E-state index in [4.69, 9.17) is 9.47 Å². The molecule has 0 saturated heterocycles. The van der Waals surface area contributed by atoms with E-state index in [-0.39, 0.29) is 4.90 Å². The first-order valence-electron chi connectivity index (χ1n) is 8.30. The van der Waals surface area contributed by atoms with Crippen molar-refractivity contribution >= 4 is 16.2 Å². The van der Waals surface area contributed by atoms with Crippen LogP contribution in [0.25, 0.3) is 0 Å². The van der Waals surface area contributed by atoms with Crippen LogP contribution >= 0.6 is 0 Å². The Kier molecular flexibility index (Phi) is 6.63. The number of sulfonamides is 1. The highest BCUT2D eigenvalue weighted by molar-refractivity contribution is 7.89. The van der Waals surface area contributed by atoms with Crippen molar-refractivity contribution in [2.45, 2.75) is 32.1 Å². The van der Waals surface area contributed by atoms with E-state index in [0.717, 1.165) is 17.5 Å². The van der Waals surface area contributed by atoms with Crippen LogP contribution in [0.5, 0.6) is 11.5 Å². The number of aryl methyl sites for hydroxylation is 2. The molecule has 0 fully saturated rings. The van der Waals surface area contributed by atoms with Gasteiger partial charge in [0.1, 0.15) is 0 Å². The Morgan fingerprint density at radius 3 is 2.50 bits per heavy atom. The molecule has 6 nitrogen and oxygen atoms in total. The number of ether oxygens (including phenoxy) is 2. The third kappa shape index (κ3) is 4.98. The van der Waals surface area contributed by atoms with E-state index >= 15 is 0 Å². The number of nitrogens with one attached hydrogen (secondary N) is 1. The van der Waals surface area contributed by atoms with Crippen LogP contribution in [0.3, 0.4) is 0 Å². The Morgan fingerprint density at radius 1 is 1.08 bits per heavy atom. The average molecular weight is 376 g/mol. The highest BCUT2D eigenvalue weighted by atomic mass is 32.2. The SMILES string of the molecule is CCCOc1ccc(/C=N\NS(=O)(=O)c2ccc(C)c(C)c2)cc1OC. The lowest BCUT2D eigenvalue weighted by Crippen LogP contribution is -2.18. The second kappa shape index (κ2) is 8.71. The van der Waals surface area contributed by atoms with Gasteiger partial charge in [0.25, 0.3) is 10.0 Å². The lowest BCUT2D eigenvalue weighted by molar-refractivity contribution is 0.294. The minimum Gasteiger partial charge on any atom is -0.493 e. The van der Waals surface area contributed by atoms with Gasteiger partial charge >= 0.3 is 0 Å². The summed E-state index contributed by atoms with van der Waals surface area (Å²) in [6.07, 6.45) is 2.32. The molecule has 0 aromatic heterocycles. The summed E-state index contributed by atoms with van der Waals surface area (Å²) < 4.78 is 35.5. The van der Waals surface area contributed by atoms with E-state index < -0.39 is 10.0 Å². The largest absolute Gasteiger partial charge is 0.493 e. The number of hydrogen-bond donors (Lipinski definition) is 1. The van der Waals surface area contributed by atoms with Gasteiger partial charge in [-0.3, -0.25) is 0 Å². The van der Waals surface area contributed by atoms with E-state index in [9.17, 15) is 8.42 Å². The second-order valence-corrected chi connectivity index (χ2v) is 7.52. The van der Waals surface area contributed by atoms with Crippen LogP contribution in [-0.4, -0.2) is 28.3 Å². The fourth-order valence-electron chi connectivity index (χ4n) is 2.20. The van der Waals surface area contributed by atoms with Crippen molar-refractivity contribution in [3.05, 3.63) is 53.1 Å². The summed E-state index contributed by atoms with van der Waals surface area (Å²) in [6.45, 7) is 6.42. The number of rotatable bonds is 8. The van der Waals surface area contributed by atoms with E-state index in [2.05, 4.69) is 9.93 Å². The standard InChI is InChI=1S/C19H24N2O4S/c1-5-10-25-18-9-7-16(12-19(18)24-4)13-20-21-26(22,23)17-8-6-14(2)15(3)11-17/h6-9,11-13,21H,5,10H2,1-4H3/b20-13-. The Morgan fingerprint density at radius 2 is 1.85 bits per heavy atom. The maximum Gasteiger partial charge on any atom is 0.276 e. The number of methoxy groups -OCH3 is 1. The van der Waals surface area contributed by atoms with Gasteiger partial charge in [-0.1, -0.05) is 13.0 Å². The minimum atomic E-state index is -3.71. The summed E-state index contributed by atoms with van der Waals surface area (Å²) in [4.78, 5) is 2.41. The molecule has 0 aliphatic carbocycles. The molecule has 2 rings (SSSR count). The molecule has 2 aromatic rings. The first kappa shape index (κ1) is 19.8. The molecular formula is C19H24N2O4S. The van der Waals surface area contributed by atoms with Crippen LogP contribution in [0, 0.1) is 13.8 Å². The molecule has 0 radical (unpaired) electrons. The maximum absolute atomic E-state index is 12.3. The zero-order chi connectivity index (χ0) is 19.2. The first-order valence-corrected chi connectivity index (χ1v) is 9.78. The predicted molar refractivity (Wildman–Crippen MR) is 103 cm³/mol. The van der Waals surface area contributed by atoms with Crippen LogP contribution in [0.2, 0.25) is 0 Å². The van der Waals surface area contributed by atoms with E-state index in [1.807, 2.05) is 20.8 Å². The fourth-order valence-corrected chi connectivity index (χ4v) is 3.08. The zero-order valence-electron chi connectivity index (χ0n) is 15.4. The molecule has 140 valence electrons. The van der Waals surface area contributed by atoms with Crippen LogP contribution < -0.4 is 14.3 Å². The van der Waals surface area contributed by atoms with E-state index in [1.54, 1.807) is 43.5 Å². The number of benzene rings is 2. The summed E-state index contributed by atoms with van der Waals surface area (Å²) >= 11 is 0. The monoisotopic (exact) mass is 376 g/mol. The Hall–Kier alpha value is -2.54. The minimum absolute atomic E-state index is 0.179. The van der Waals surface area contributed by atoms with Crippen molar-refractivity contribution in [3.8, 4) is 11.5 Å². The normalized spacial score (nSPS) is 11.5. The third-order valence-corrected chi connectivity index (χ3v) is 5.04. The van der Waals surface area contributed by atoms with Crippen molar-refractivity contribution in [3.63, 3.8) is 0 Å². The van der Waals surface area contributed by atoms with Crippen LogP contribution in [-0.2, 0) is 10.0 Å². The average Bonchev–Trinajstić information content (AvgIpc) is 2.62. The van der Waals surface area contributed by atoms with Crippen molar-refractivity contribution in [2.75, 3.05) is 13.7 Å². The molecule has 0 aliphatic rings. The van der Waals surface area contributed by atoms with E-state index in [0.29, 0.717) is 23.7 Å². The molecule has 2 aromatic carbocycles.